The van der Waals surface area contributed by atoms with E-state index in [1.165, 1.54) is 31.2 Å². The van der Waals surface area contributed by atoms with Gasteiger partial charge in [0.25, 0.3) is 0 Å². The molecule has 0 bridgehead atoms. The molecule has 0 aromatic heterocycles. The predicted molar refractivity (Wildman–Crippen MR) is 139 cm³/mol. The molecule has 2 saturated heterocycles. The maximum atomic E-state index is 12.9. The van der Waals surface area contributed by atoms with Gasteiger partial charge in [0.15, 0.2) is 0 Å². The first-order valence-corrected chi connectivity index (χ1v) is 13.3. The molecule has 2 aliphatic heterocycles. The van der Waals surface area contributed by atoms with Gasteiger partial charge in [0, 0.05) is 6.54 Å². The topological polar surface area (TPSA) is 111 Å². The quantitative estimate of drug-likeness (QED) is 0.475. The van der Waals surface area contributed by atoms with Crippen molar-refractivity contribution in [1.29, 1.82) is 0 Å². The van der Waals surface area contributed by atoms with Crippen LogP contribution in [0.3, 0.4) is 0 Å². The van der Waals surface area contributed by atoms with Crippen molar-refractivity contribution in [2.75, 3.05) is 19.7 Å². The number of likely N-dealkylation sites (tertiary alicyclic amines) is 1. The lowest BCUT2D eigenvalue weighted by Crippen LogP contribution is -2.46. The highest BCUT2D eigenvalue weighted by Gasteiger charge is 2.40. The van der Waals surface area contributed by atoms with Crippen molar-refractivity contribution in [3.8, 4) is 5.75 Å². The minimum atomic E-state index is -5.04. The Balaban J connectivity index is 1.39. The monoisotopic (exact) mass is 576 g/mol. The van der Waals surface area contributed by atoms with Gasteiger partial charge in [-0.25, -0.2) is 4.79 Å². The number of ether oxygens (including phenoxy) is 3. The number of rotatable bonds is 8. The number of hydrogen-bond acceptors (Lipinski definition) is 7. The van der Waals surface area contributed by atoms with Gasteiger partial charge in [0.1, 0.15) is 24.6 Å². The Morgan fingerprint density at radius 3 is 2.37 bits per heavy atom. The zero-order chi connectivity index (χ0) is 29.7. The second-order valence-corrected chi connectivity index (χ2v) is 10.3. The van der Waals surface area contributed by atoms with E-state index in [0.29, 0.717) is 24.9 Å². The Bertz CT molecular complexity index is 1260. The van der Waals surface area contributed by atoms with Gasteiger partial charge in [-0.15, -0.1) is 0 Å². The fraction of sp³-hybridized carbons (Fsp3) is 0.448. The van der Waals surface area contributed by atoms with E-state index in [2.05, 4.69) is 0 Å². The predicted octanol–water partition coefficient (Wildman–Crippen LogP) is 3.89. The molecule has 0 radical (unpaired) electrons. The first kappa shape index (κ1) is 29.9. The Kier molecular flexibility index (Phi) is 9.19. The highest BCUT2D eigenvalue weighted by molar-refractivity contribution is 5.90. The van der Waals surface area contributed by atoms with Gasteiger partial charge in [-0.05, 0) is 56.5 Å². The molecule has 220 valence electrons. The van der Waals surface area contributed by atoms with Crippen LogP contribution in [0.4, 0.5) is 13.2 Å². The van der Waals surface area contributed by atoms with Gasteiger partial charge >= 0.3 is 24.0 Å². The Morgan fingerprint density at radius 2 is 1.76 bits per heavy atom. The molecule has 0 spiro atoms. The van der Waals surface area contributed by atoms with Crippen LogP contribution in [-0.4, -0.2) is 66.7 Å². The van der Waals surface area contributed by atoms with Crippen LogP contribution in [0.25, 0.3) is 0 Å². The molecule has 12 heteroatoms. The minimum Gasteiger partial charge on any atom is -0.484 e. The number of esters is 2. The lowest BCUT2D eigenvalue weighted by molar-refractivity contribution is -0.174. The maximum Gasteiger partial charge on any atom is 0.471 e. The second-order valence-electron chi connectivity index (χ2n) is 10.3. The number of carbonyl (C=O) groups is 4. The van der Waals surface area contributed by atoms with Crippen LogP contribution in [0, 0.1) is 12.8 Å². The van der Waals surface area contributed by atoms with Gasteiger partial charge in [-0.2, -0.15) is 13.2 Å². The van der Waals surface area contributed by atoms with Crippen molar-refractivity contribution >= 4 is 23.8 Å². The minimum absolute atomic E-state index is 0.0481. The van der Waals surface area contributed by atoms with Gasteiger partial charge in [-0.1, -0.05) is 29.8 Å². The van der Waals surface area contributed by atoms with E-state index in [4.69, 9.17) is 14.2 Å². The number of benzene rings is 2. The number of piperidine rings is 1. The summed E-state index contributed by atoms with van der Waals surface area (Å²) in [6, 6.07) is 11.9. The number of nitrogens with zero attached hydrogens (tertiary/aromatic N) is 1. The third-order valence-electron chi connectivity index (χ3n) is 7.00. The molecule has 1 N–H and O–H groups in total. The number of nitrogens with one attached hydrogen (secondary N) is 1. The first-order chi connectivity index (χ1) is 19.4. The van der Waals surface area contributed by atoms with Crippen LogP contribution in [-0.2, 0) is 23.9 Å². The molecule has 2 heterocycles. The molecule has 2 aromatic carbocycles. The highest BCUT2D eigenvalue weighted by Crippen LogP contribution is 2.28. The molecule has 9 nitrogen and oxygen atoms in total. The summed E-state index contributed by atoms with van der Waals surface area (Å²) >= 11 is 0. The van der Waals surface area contributed by atoms with Crippen molar-refractivity contribution in [3.63, 3.8) is 0 Å². The molecule has 2 fully saturated rings. The average molecular weight is 577 g/mol. The SMILES string of the molecule is Cc1ccc([C@@H](Oc2ccc(C(=O)O[C@H]3CCCN(C(=O)[C@H]4COC(=O)C4)C3)cc2)[C@H](C)NC(=O)C(F)(F)F)cc1. The summed E-state index contributed by atoms with van der Waals surface area (Å²) in [6.07, 6.45) is -5.24. The normalized spacial score (nSPS) is 20.5. The molecule has 0 unspecified atom stereocenters. The molecule has 0 saturated carbocycles. The van der Waals surface area contributed by atoms with Crippen LogP contribution in [0.2, 0.25) is 0 Å². The number of amides is 2. The largest absolute Gasteiger partial charge is 0.484 e. The van der Waals surface area contributed by atoms with Crippen LogP contribution in [0.15, 0.2) is 48.5 Å². The molecule has 2 aliphatic rings. The smallest absolute Gasteiger partial charge is 0.471 e. The van der Waals surface area contributed by atoms with Crippen LogP contribution < -0.4 is 10.1 Å². The van der Waals surface area contributed by atoms with Gasteiger partial charge in [-0.3, -0.25) is 14.4 Å². The van der Waals surface area contributed by atoms with Gasteiger partial charge in [0.2, 0.25) is 5.91 Å². The number of hydrogen-bond donors (Lipinski definition) is 1. The highest BCUT2D eigenvalue weighted by atomic mass is 19.4. The lowest BCUT2D eigenvalue weighted by atomic mass is 10.0. The summed E-state index contributed by atoms with van der Waals surface area (Å²) in [5, 5.41) is 1.95. The van der Waals surface area contributed by atoms with E-state index >= 15 is 0 Å². The van der Waals surface area contributed by atoms with E-state index in [0.717, 1.165) is 5.56 Å². The summed E-state index contributed by atoms with van der Waals surface area (Å²) < 4.78 is 55.1. The zero-order valence-corrected chi connectivity index (χ0v) is 22.6. The lowest BCUT2D eigenvalue weighted by Gasteiger charge is -2.33. The fourth-order valence-corrected chi connectivity index (χ4v) is 4.78. The zero-order valence-electron chi connectivity index (χ0n) is 22.6. The average Bonchev–Trinajstić information content (AvgIpc) is 3.38. The number of halogens is 3. The Labute approximate surface area is 234 Å². The van der Waals surface area contributed by atoms with Crippen molar-refractivity contribution in [2.24, 2.45) is 5.92 Å². The van der Waals surface area contributed by atoms with Crippen molar-refractivity contribution in [2.45, 2.75) is 57.5 Å². The van der Waals surface area contributed by atoms with Gasteiger partial charge < -0.3 is 24.4 Å². The van der Waals surface area contributed by atoms with Gasteiger partial charge in [0.05, 0.1) is 30.5 Å². The summed E-state index contributed by atoms with van der Waals surface area (Å²) in [5.74, 6) is -3.52. The Hall–Kier alpha value is -4.09. The molecule has 0 aliphatic carbocycles. The molecule has 2 amide bonds. The van der Waals surface area contributed by atoms with E-state index in [1.807, 2.05) is 12.2 Å². The third-order valence-corrected chi connectivity index (χ3v) is 7.00. The number of carbonyl (C=O) groups excluding carboxylic acids is 4. The molecule has 2 aromatic rings. The van der Waals surface area contributed by atoms with Crippen molar-refractivity contribution in [3.05, 3.63) is 65.2 Å². The Morgan fingerprint density at radius 1 is 1.07 bits per heavy atom. The first-order valence-electron chi connectivity index (χ1n) is 13.3. The fourth-order valence-electron chi connectivity index (χ4n) is 4.78. The summed E-state index contributed by atoms with van der Waals surface area (Å²) in [4.78, 5) is 50.0. The summed E-state index contributed by atoms with van der Waals surface area (Å²) in [5.41, 5.74) is 1.72. The van der Waals surface area contributed by atoms with E-state index in [-0.39, 0.29) is 36.8 Å². The summed E-state index contributed by atoms with van der Waals surface area (Å²) in [6.45, 7) is 4.06. The number of aryl methyl sites for hydroxylation is 1. The van der Waals surface area contributed by atoms with E-state index in [1.54, 1.807) is 29.2 Å². The second kappa shape index (κ2) is 12.6. The van der Waals surface area contributed by atoms with Crippen LogP contribution in [0.5, 0.6) is 5.75 Å². The summed E-state index contributed by atoms with van der Waals surface area (Å²) in [7, 11) is 0. The van der Waals surface area contributed by atoms with Crippen LogP contribution in [0.1, 0.15) is 53.8 Å². The number of alkyl halides is 3. The maximum absolute atomic E-state index is 12.9. The number of cyclic esters (lactones) is 1. The molecular formula is C29H31F3N2O7. The van der Waals surface area contributed by atoms with E-state index in [9.17, 15) is 32.3 Å². The standard InChI is InChI=1S/C29H31F3N2O7/c1-17-5-7-19(8-6-17)25(18(2)33-28(38)29(30,31)32)40-22-11-9-20(10-12-22)27(37)41-23-4-3-13-34(15-23)26(36)21-14-24(35)39-16-21/h5-12,18,21,23,25H,3-4,13-16H2,1-2H3,(H,33,38)/t18-,21+,23-,25-/m0/s1. The molecular weight excluding hydrogens is 545 g/mol. The van der Waals surface area contributed by atoms with E-state index < -0.39 is 48.2 Å². The van der Waals surface area contributed by atoms with Crippen LogP contribution >= 0.6 is 0 Å². The van der Waals surface area contributed by atoms with Crippen molar-refractivity contribution < 1.29 is 46.6 Å². The third kappa shape index (κ3) is 7.77. The van der Waals surface area contributed by atoms with Crippen molar-refractivity contribution in [1.82, 2.24) is 10.2 Å². The molecule has 41 heavy (non-hydrogen) atoms. The molecule has 4 atom stereocenters. The molecule has 4 rings (SSSR count).